The Hall–Kier alpha value is -2.20. The lowest BCUT2D eigenvalue weighted by molar-refractivity contribution is 0.914. The first-order chi connectivity index (χ1) is 9.28. The number of hydrogen-bond acceptors (Lipinski definition) is 3. The van der Waals surface area contributed by atoms with Crippen molar-refractivity contribution in [1.29, 1.82) is 0 Å². The molecule has 0 atom stereocenters. The van der Waals surface area contributed by atoms with Crippen molar-refractivity contribution in [2.24, 2.45) is 5.73 Å². The minimum atomic E-state index is 0.548. The molecule has 19 heavy (non-hydrogen) atoms. The summed E-state index contributed by atoms with van der Waals surface area (Å²) >= 11 is 0. The van der Waals surface area contributed by atoms with Crippen LogP contribution in [0.3, 0.4) is 0 Å². The Kier molecular flexibility index (Phi) is 3.01. The summed E-state index contributed by atoms with van der Waals surface area (Å²) in [6.45, 7) is 2.60. The van der Waals surface area contributed by atoms with Crippen LogP contribution in [0.4, 0.5) is 0 Å². The fourth-order valence-electron chi connectivity index (χ4n) is 2.26. The van der Waals surface area contributed by atoms with E-state index < -0.39 is 0 Å². The predicted octanol–water partition coefficient (Wildman–Crippen LogP) is 2.09. The molecule has 4 nitrogen and oxygen atoms in total. The first-order valence-electron chi connectivity index (χ1n) is 6.35. The van der Waals surface area contributed by atoms with E-state index in [1.165, 1.54) is 11.1 Å². The van der Waals surface area contributed by atoms with Crippen LogP contribution < -0.4 is 5.73 Å². The number of nitrogens with two attached hydrogens (primary N) is 1. The molecule has 96 valence electrons. The Morgan fingerprint density at radius 2 is 1.89 bits per heavy atom. The molecule has 0 aliphatic carbocycles. The highest BCUT2D eigenvalue weighted by molar-refractivity contribution is 5.41. The molecule has 3 rings (SSSR count). The standard InChI is InChI=1S/C15H16N4/c1-11-6-7-19-14(8-11)17-18-15(19)9-12-4-2-3-5-13(12)10-16/h2-8H,9-10,16H2,1H3. The summed E-state index contributed by atoms with van der Waals surface area (Å²) in [6, 6.07) is 12.3. The third-order valence-corrected chi connectivity index (χ3v) is 3.32. The molecule has 0 radical (unpaired) electrons. The number of pyridine rings is 1. The topological polar surface area (TPSA) is 56.2 Å². The lowest BCUT2D eigenvalue weighted by Crippen LogP contribution is -2.04. The van der Waals surface area contributed by atoms with E-state index in [2.05, 4.69) is 35.3 Å². The van der Waals surface area contributed by atoms with Gasteiger partial charge < -0.3 is 5.73 Å². The highest BCUT2D eigenvalue weighted by Gasteiger charge is 2.08. The van der Waals surface area contributed by atoms with E-state index in [1.54, 1.807) is 0 Å². The summed E-state index contributed by atoms with van der Waals surface area (Å²) < 4.78 is 2.03. The Morgan fingerprint density at radius 3 is 2.68 bits per heavy atom. The number of fused-ring (bicyclic) bond motifs is 1. The molecule has 0 bridgehead atoms. The number of benzene rings is 1. The number of nitrogens with zero attached hydrogens (tertiary/aromatic N) is 3. The lowest BCUT2D eigenvalue weighted by Gasteiger charge is -2.06. The Labute approximate surface area is 111 Å². The largest absolute Gasteiger partial charge is 0.326 e. The molecule has 0 aliphatic rings. The van der Waals surface area contributed by atoms with Gasteiger partial charge in [-0.15, -0.1) is 10.2 Å². The molecule has 0 aliphatic heterocycles. The molecule has 4 heteroatoms. The van der Waals surface area contributed by atoms with Crippen LogP contribution in [0.5, 0.6) is 0 Å². The van der Waals surface area contributed by atoms with Crippen LogP contribution in [0, 0.1) is 6.92 Å². The molecule has 0 saturated heterocycles. The van der Waals surface area contributed by atoms with E-state index in [9.17, 15) is 0 Å². The first-order valence-corrected chi connectivity index (χ1v) is 6.35. The molecule has 0 amide bonds. The molecule has 0 saturated carbocycles. The molecule has 0 fully saturated rings. The van der Waals surface area contributed by atoms with Crippen molar-refractivity contribution in [3.63, 3.8) is 0 Å². The highest BCUT2D eigenvalue weighted by atomic mass is 15.2. The van der Waals surface area contributed by atoms with Crippen molar-refractivity contribution < 1.29 is 0 Å². The zero-order valence-electron chi connectivity index (χ0n) is 10.9. The fourth-order valence-corrected chi connectivity index (χ4v) is 2.26. The van der Waals surface area contributed by atoms with Crippen LogP contribution in [-0.4, -0.2) is 14.6 Å². The highest BCUT2D eigenvalue weighted by Crippen LogP contribution is 2.14. The normalized spacial score (nSPS) is 11.1. The van der Waals surface area contributed by atoms with Crippen LogP contribution in [0.25, 0.3) is 5.65 Å². The zero-order chi connectivity index (χ0) is 13.2. The van der Waals surface area contributed by atoms with E-state index in [-0.39, 0.29) is 0 Å². The van der Waals surface area contributed by atoms with Crippen LogP contribution in [0.2, 0.25) is 0 Å². The lowest BCUT2D eigenvalue weighted by atomic mass is 10.0. The zero-order valence-corrected chi connectivity index (χ0v) is 10.9. The van der Waals surface area contributed by atoms with Gasteiger partial charge in [-0.05, 0) is 35.7 Å². The summed E-state index contributed by atoms with van der Waals surface area (Å²) in [7, 11) is 0. The average molecular weight is 252 g/mol. The fraction of sp³-hybridized carbons (Fsp3) is 0.200. The minimum absolute atomic E-state index is 0.548. The van der Waals surface area contributed by atoms with Gasteiger partial charge in [0.05, 0.1) is 0 Å². The number of aryl methyl sites for hydroxylation is 1. The Morgan fingerprint density at radius 1 is 1.11 bits per heavy atom. The van der Waals surface area contributed by atoms with Crippen molar-refractivity contribution >= 4 is 5.65 Å². The van der Waals surface area contributed by atoms with E-state index in [4.69, 9.17) is 5.73 Å². The van der Waals surface area contributed by atoms with Gasteiger partial charge in [0.1, 0.15) is 5.82 Å². The molecule has 3 aromatic rings. The van der Waals surface area contributed by atoms with Crippen LogP contribution in [-0.2, 0) is 13.0 Å². The average Bonchev–Trinajstić information content (AvgIpc) is 2.82. The summed E-state index contributed by atoms with van der Waals surface area (Å²) in [5.41, 5.74) is 10.2. The Bertz CT molecular complexity index is 715. The van der Waals surface area contributed by atoms with E-state index >= 15 is 0 Å². The van der Waals surface area contributed by atoms with E-state index in [0.29, 0.717) is 6.54 Å². The van der Waals surface area contributed by atoms with Gasteiger partial charge in [0.25, 0.3) is 0 Å². The summed E-state index contributed by atoms with van der Waals surface area (Å²) in [4.78, 5) is 0. The maximum Gasteiger partial charge on any atom is 0.161 e. The van der Waals surface area contributed by atoms with Crippen molar-refractivity contribution in [3.05, 3.63) is 65.1 Å². The second-order valence-electron chi connectivity index (χ2n) is 4.70. The van der Waals surface area contributed by atoms with Crippen LogP contribution >= 0.6 is 0 Å². The number of aromatic nitrogens is 3. The van der Waals surface area contributed by atoms with Crippen molar-refractivity contribution in [1.82, 2.24) is 14.6 Å². The van der Waals surface area contributed by atoms with Gasteiger partial charge >= 0.3 is 0 Å². The third-order valence-electron chi connectivity index (χ3n) is 3.32. The van der Waals surface area contributed by atoms with Gasteiger partial charge in [0.2, 0.25) is 0 Å². The van der Waals surface area contributed by atoms with Gasteiger partial charge in [0.15, 0.2) is 5.65 Å². The minimum Gasteiger partial charge on any atom is -0.326 e. The number of hydrogen-bond donors (Lipinski definition) is 1. The second kappa shape index (κ2) is 4.82. The first kappa shape index (κ1) is 11.9. The molecule has 1 aromatic carbocycles. The van der Waals surface area contributed by atoms with Crippen LogP contribution in [0.1, 0.15) is 22.5 Å². The third kappa shape index (κ3) is 2.22. The summed E-state index contributed by atoms with van der Waals surface area (Å²) in [5, 5.41) is 8.49. The van der Waals surface area contributed by atoms with Gasteiger partial charge in [-0.25, -0.2) is 0 Å². The molecule has 2 N–H and O–H groups in total. The van der Waals surface area contributed by atoms with Gasteiger partial charge in [-0.2, -0.15) is 0 Å². The molecular formula is C15H16N4. The van der Waals surface area contributed by atoms with Gasteiger partial charge in [-0.1, -0.05) is 24.3 Å². The molecular weight excluding hydrogens is 236 g/mol. The maximum atomic E-state index is 5.77. The molecule has 2 heterocycles. The van der Waals surface area contributed by atoms with Crippen molar-refractivity contribution in [2.45, 2.75) is 19.9 Å². The SMILES string of the molecule is Cc1ccn2c(Cc3ccccc3CN)nnc2c1. The second-order valence-corrected chi connectivity index (χ2v) is 4.70. The van der Waals surface area contributed by atoms with Crippen molar-refractivity contribution in [2.75, 3.05) is 0 Å². The smallest absolute Gasteiger partial charge is 0.161 e. The molecule has 2 aromatic heterocycles. The summed E-state index contributed by atoms with van der Waals surface area (Å²) in [6.07, 6.45) is 2.77. The Balaban J connectivity index is 2.01. The van der Waals surface area contributed by atoms with Gasteiger partial charge in [0, 0.05) is 19.2 Å². The predicted molar refractivity (Wildman–Crippen MR) is 74.9 cm³/mol. The maximum absolute atomic E-state index is 5.77. The molecule has 0 spiro atoms. The van der Waals surface area contributed by atoms with Gasteiger partial charge in [-0.3, -0.25) is 4.40 Å². The number of rotatable bonds is 3. The van der Waals surface area contributed by atoms with E-state index in [0.717, 1.165) is 23.5 Å². The summed E-state index contributed by atoms with van der Waals surface area (Å²) in [5.74, 6) is 0.941. The van der Waals surface area contributed by atoms with Crippen molar-refractivity contribution in [3.8, 4) is 0 Å². The van der Waals surface area contributed by atoms with Crippen LogP contribution in [0.15, 0.2) is 42.6 Å². The molecule has 0 unspecified atom stereocenters. The monoisotopic (exact) mass is 252 g/mol. The quantitative estimate of drug-likeness (QED) is 0.776. The van der Waals surface area contributed by atoms with E-state index in [1.807, 2.05) is 28.8 Å².